The van der Waals surface area contributed by atoms with Crippen molar-refractivity contribution >= 4 is 11.4 Å². The number of nitro groups is 1. The van der Waals surface area contributed by atoms with Crippen molar-refractivity contribution in [2.45, 2.75) is 39.5 Å². The average Bonchev–Trinajstić information content (AvgIpc) is 3.04. The summed E-state index contributed by atoms with van der Waals surface area (Å²) in [5.41, 5.74) is 1.33. The van der Waals surface area contributed by atoms with Crippen LogP contribution in [0.15, 0.2) is 22.7 Å². The largest absolute Gasteiger partial charge is 0.366 e. The van der Waals surface area contributed by atoms with Gasteiger partial charge in [-0.2, -0.15) is 4.98 Å². The number of rotatable bonds is 4. The van der Waals surface area contributed by atoms with Crippen molar-refractivity contribution in [2.24, 2.45) is 5.92 Å². The van der Waals surface area contributed by atoms with Crippen molar-refractivity contribution in [2.75, 3.05) is 18.0 Å². The first-order valence-electron chi connectivity index (χ1n) is 8.33. The van der Waals surface area contributed by atoms with Crippen molar-refractivity contribution in [3.63, 3.8) is 0 Å². The van der Waals surface area contributed by atoms with E-state index >= 15 is 0 Å². The van der Waals surface area contributed by atoms with Gasteiger partial charge in [0.2, 0.25) is 0 Å². The maximum Gasteiger partial charge on any atom is 0.293 e. The maximum atomic E-state index is 11.6. The summed E-state index contributed by atoms with van der Waals surface area (Å²) in [7, 11) is 0. The Balaban J connectivity index is 1.96. The number of nitrogens with zero attached hydrogens (tertiary/aromatic N) is 4. The van der Waals surface area contributed by atoms with Crippen LogP contribution in [-0.4, -0.2) is 28.2 Å². The smallest absolute Gasteiger partial charge is 0.293 e. The highest BCUT2D eigenvalue weighted by molar-refractivity contribution is 5.71. The first kappa shape index (κ1) is 16.4. The van der Waals surface area contributed by atoms with Crippen LogP contribution in [-0.2, 0) is 0 Å². The molecule has 0 saturated carbocycles. The van der Waals surface area contributed by atoms with Gasteiger partial charge in [0.05, 0.1) is 4.92 Å². The van der Waals surface area contributed by atoms with Gasteiger partial charge in [0.1, 0.15) is 5.69 Å². The molecule has 0 amide bonds. The van der Waals surface area contributed by atoms with E-state index in [-0.39, 0.29) is 16.5 Å². The standard InChI is InChI=1S/C17H22N4O3/c1-11(2)16-18-17(24-19-16)13-6-7-14(15(9-13)21(22)23)20-8-4-5-12(3)10-20/h6-7,9,11-12H,4-5,8,10H2,1-3H3/t12-/m0/s1. The molecule has 1 saturated heterocycles. The van der Waals surface area contributed by atoms with Crippen molar-refractivity contribution in [3.8, 4) is 11.5 Å². The molecule has 1 atom stereocenters. The number of aromatic nitrogens is 2. The predicted octanol–water partition coefficient (Wildman–Crippen LogP) is 4.00. The first-order chi connectivity index (χ1) is 11.5. The van der Waals surface area contributed by atoms with E-state index in [0.717, 1.165) is 19.5 Å². The van der Waals surface area contributed by atoms with Gasteiger partial charge in [-0.3, -0.25) is 10.1 Å². The monoisotopic (exact) mass is 330 g/mol. The number of hydrogen-bond donors (Lipinski definition) is 0. The zero-order chi connectivity index (χ0) is 17.3. The van der Waals surface area contributed by atoms with E-state index in [4.69, 9.17) is 4.52 Å². The van der Waals surface area contributed by atoms with Gasteiger partial charge < -0.3 is 9.42 Å². The quantitative estimate of drug-likeness (QED) is 0.622. The third-order valence-electron chi connectivity index (χ3n) is 4.37. The molecular weight excluding hydrogens is 308 g/mol. The van der Waals surface area contributed by atoms with Crippen LogP contribution in [0.2, 0.25) is 0 Å². The highest BCUT2D eigenvalue weighted by atomic mass is 16.6. The van der Waals surface area contributed by atoms with Crippen LogP contribution in [0, 0.1) is 16.0 Å². The number of hydrogen-bond acceptors (Lipinski definition) is 6. The molecule has 7 heteroatoms. The summed E-state index contributed by atoms with van der Waals surface area (Å²) in [4.78, 5) is 17.6. The summed E-state index contributed by atoms with van der Waals surface area (Å²) in [6.45, 7) is 7.81. The van der Waals surface area contributed by atoms with Crippen molar-refractivity contribution in [3.05, 3.63) is 34.1 Å². The van der Waals surface area contributed by atoms with Crippen molar-refractivity contribution < 1.29 is 9.45 Å². The van der Waals surface area contributed by atoms with E-state index in [1.807, 2.05) is 19.9 Å². The molecular formula is C17H22N4O3. The molecule has 1 fully saturated rings. The van der Waals surface area contributed by atoms with E-state index in [0.29, 0.717) is 28.9 Å². The molecule has 1 aliphatic heterocycles. The Morgan fingerprint density at radius 2 is 2.21 bits per heavy atom. The van der Waals surface area contributed by atoms with Gasteiger partial charge in [0.15, 0.2) is 5.82 Å². The van der Waals surface area contributed by atoms with Crippen LogP contribution in [0.4, 0.5) is 11.4 Å². The lowest BCUT2D eigenvalue weighted by atomic mass is 9.99. The zero-order valence-corrected chi connectivity index (χ0v) is 14.2. The van der Waals surface area contributed by atoms with Gasteiger partial charge in [-0.05, 0) is 30.9 Å². The first-order valence-corrected chi connectivity index (χ1v) is 8.33. The molecule has 1 aromatic carbocycles. The lowest BCUT2D eigenvalue weighted by Gasteiger charge is -2.32. The fraction of sp³-hybridized carbons (Fsp3) is 0.529. The Bertz CT molecular complexity index is 741. The molecule has 0 unspecified atom stereocenters. The molecule has 1 aromatic heterocycles. The molecule has 7 nitrogen and oxygen atoms in total. The summed E-state index contributed by atoms with van der Waals surface area (Å²) < 4.78 is 5.25. The van der Waals surface area contributed by atoms with Gasteiger partial charge in [-0.1, -0.05) is 25.9 Å². The second kappa shape index (κ2) is 6.59. The summed E-state index contributed by atoms with van der Waals surface area (Å²) in [5.74, 6) is 1.61. The lowest BCUT2D eigenvalue weighted by Crippen LogP contribution is -2.34. The second-order valence-electron chi connectivity index (χ2n) is 6.77. The Labute approximate surface area is 140 Å². The molecule has 128 valence electrons. The Morgan fingerprint density at radius 3 is 2.83 bits per heavy atom. The van der Waals surface area contributed by atoms with Crippen LogP contribution in [0.5, 0.6) is 0 Å². The molecule has 0 N–H and O–H groups in total. The van der Waals surface area contributed by atoms with Crippen LogP contribution in [0.1, 0.15) is 45.4 Å². The zero-order valence-electron chi connectivity index (χ0n) is 14.2. The third kappa shape index (κ3) is 3.25. The molecule has 0 bridgehead atoms. The van der Waals surface area contributed by atoms with E-state index < -0.39 is 0 Å². The maximum absolute atomic E-state index is 11.6. The number of anilines is 1. The highest BCUT2D eigenvalue weighted by Crippen LogP contribution is 2.35. The number of nitro benzene ring substituents is 1. The second-order valence-corrected chi connectivity index (χ2v) is 6.77. The van der Waals surface area contributed by atoms with Crippen molar-refractivity contribution in [1.82, 2.24) is 10.1 Å². The minimum absolute atomic E-state index is 0.0888. The Hall–Kier alpha value is -2.44. The molecule has 3 rings (SSSR count). The third-order valence-corrected chi connectivity index (χ3v) is 4.37. The minimum atomic E-state index is -0.335. The van der Waals surface area contributed by atoms with E-state index in [9.17, 15) is 10.1 Å². The summed E-state index contributed by atoms with van der Waals surface area (Å²) in [5, 5.41) is 15.5. The van der Waals surface area contributed by atoms with E-state index in [1.54, 1.807) is 6.07 Å². The van der Waals surface area contributed by atoms with Crippen molar-refractivity contribution in [1.29, 1.82) is 0 Å². The fourth-order valence-corrected chi connectivity index (χ4v) is 3.06. The predicted molar refractivity (Wildman–Crippen MR) is 91.1 cm³/mol. The van der Waals surface area contributed by atoms with E-state index in [1.165, 1.54) is 12.5 Å². The fourth-order valence-electron chi connectivity index (χ4n) is 3.06. The van der Waals surface area contributed by atoms with Crippen LogP contribution in [0.25, 0.3) is 11.5 Å². The lowest BCUT2D eigenvalue weighted by molar-refractivity contribution is -0.384. The van der Waals surface area contributed by atoms with E-state index in [2.05, 4.69) is 22.0 Å². The normalized spacial score (nSPS) is 18.2. The van der Waals surface area contributed by atoms with Gasteiger partial charge in [0.25, 0.3) is 11.6 Å². The topological polar surface area (TPSA) is 85.3 Å². The molecule has 1 aliphatic rings. The Morgan fingerprint density at radius 1 is 1.42 bits per heavy atom. The summed E-state index contributed by atoms with van der Waals surface area (Å²) in [6.07, 6.45) is 2.23. The van der Waals surface area contributed by atoms with Crippen LogP contribution < -0.4 is 4.90 Å². The minimum Gasteiger partial charge on any atom is -0.366 e. The Kier molecular flexibility index (Phi) is 4.51. The van der Waals surface area contributed by atoms with Gasteiger partial charge >= 0.3 is 0 Å². The van der Waals surface area contributed by atoms with Gasteiger partial charge in [-0.15, -0.1) is 0 Å². The average molecular weight is 330 g/mol. The summed E-state index contributed by atoms with van der Waals surface area (Å²) in [6, 6.07) is 5.15. The molecule has 0 spiro atoms. The van der Waals surface area contributed by atoms with Gasteiger partial charge in [-0.25, -0.2) is 0 Å². The number of benzene rings is 1. The van der Waals surface area contributed by atoms with Gasteiger partial charge in [0, 0.05) is 30.6 Å². The molecule has 2 aromatic rings. The molecule has 0 radical (unpaired) electrons. The molecule has 0 aliphatic carbocycles. The summed E-state index contributed by atoms with van der Waals surface area (Å²) >= 11 is 0. The molecule has 2 heterocycles. The molecule has 24 heavy (non-hydrogen) atoms. The van der Waals surface area contributed by atoms with Crippen LogP contribution in [0.3, 0.4) is 0 Å². The SMILES string of the molecule is CC(C)c1noc(-c2ccc(N3CCC[C@H](C)C3)c([N+](=O)[O-])c2)n1. The van der Waals surface area contributed by atoms with Crippen LogP contribution >= 0.6 is 0 Å². The highest BCUT2D eigenvalue weighted by Gasteiger charge is 2.25. The number of piperidine rings is 1.